The fourth-order valence-corrected chi connectivity index (χ4v) is 0.691. The van der Waals surface area contributed by atoms with Gasteiger partial charge in [-0.25, -0.2) is 14.6 Å². The van der Waals surface area contributed by atoms with Gasteiger partial charge in [-0.3, -0.25) is 0 Å². The predicted molar refractivity (Wildman–Crippen MR) is 61.8 cm³/mol. The molecule has 0 aliphatic heterocycles. The van der Waals surface area contributed by atoms with E-state index in [1.165, 1.54) is 6.08 Å². The van der Waals surface area contributed by atoms with E-state index in [0.29, 0.717) is 0 Å². The van der Waals surface area contributed by atoms with Crippen LogP contribution < -0.4 is 0 Å². The first-order chi connectivity index (χ1) is 7.16. The maximum atomic E-state index is 11.1. The minimum Gasteiger partial charge on any atom is -0.459 e. The van der Waals surface area contributed by atoms with Gasteiger partial charge in [-0.2, -0.15) is 0 Å². The second-order valence-electron chi connectivity index (χ2n) is 5.15. The van der Waals surface area contributed by atoms with Crippen LogP contribution in [0.3, 0.4) is 0 Å². The number of carbonyl (C=O) groups excluding carboxylic acids is 1. The molecule has 16 heavy (non-hydrogen) atoms. The smallest absolute Gasteiger partial charge is 0.330 e. The molecule has 0 aromatic carbocycles. The summed E-state index contributed by atoms with van der Waals surface area (Å²) >= 11 is 0. The highest BCUT2D eigenvalue weighted by Crippen LogP contribution is 2.16. The SMILES string of the molecule is C/C=C/C(=O)OCC(C)(C)OOC(C)(C)C. The van der Waals surface area contributed by atoms with Gasteiger partial charge in [-0.15, -0.1) is 0 Å². The minimum absolute atomic E-state index is 0.145. The van der Waals surface area contributed by atoms with Gasteiger partial charge in [-0.1, -0.05) is 6.08 Å². The second-order valence-corrected chi connectivity index (χ2v) is 5.15. The predicted octanol–water partition coefficient (Wildman–Crippen LogP) is 2.63. The molecular weight excluding hydrogens is 208 g/mol. The summed E-state index contributed by atoms with van der Waals surface area (Å²) in [5.74, 6) is -0.380. The Kier molecular flexibility index (Phi) is 5.68. The first kappa shape index (κ1) is 15.1. The molecule has 0 rings (SSSR count). The zero-order valence-corrected chi connectivity index (χ0v) is 11.0. The Morgan fingerprint density at radius 3 is 2.12 bits per heavy atom. The Morgan fingerprint density at radius 2 is 1.69 bits per heavy atom. The highest BCUT2D eigenvalue weighted by Gasteiger charge is 2.25. The third kappa shape index (κ3) is 8.44. The normalized spacial score (nSPS) is 13.1. The van der Waals surface area contributed by atoms with Crippen molar-refractivity contribution in [3.8, 4) is 0 Å². The average molecular weight is 230 g/mol. The number of ether oxygens (including phenoxy) is 1. The van der Waals surface area contributed by atoms with E-state index in [1.807, 2.05) is 20.8 Å². The first-order valence-electron chi connectivity index (χ1n) is 5.32. The van der Waals surface area contributed by atoms with Gasteiger partial charge in [-0.05, 0) is 41.5 Å². The van der Waals surface area contributed by atoms with Crippen LogP contribution in [-0.4, -0.2) is 23.8 Å². The fraction of sp³-hybridized carbons (Fsp3) is 0.750. The van der Waals surface area contributed by atoms with Crippen molar-refractivity contribution in [3.63, 3.8) is 0 Å². The van der Waals surface area contributed by atoms with Crippen molar-refractivity contribution in [2.75, 3.05) is 6.61 Å². The van der Waals surface area contributed by atoms with E-state index >= 15 is 0 Å². The molecule has 0 heterocycles. The lowest BCUT2D eigenvalue weighted by atomic mass is 10.1. The van der Waals surface area contributed by atoms with Crippen LogP contribution in [0, 0.1) is 0 Å². The molecule has 0 spiro atoms. The summed E-state index contributed by atoms with van der Waals surface area (Å²) in [7, 11) is 0. The van der Waals surface area contributed by atoms with E-state index in [2.05, 4.69) is 0 Å². The molecule has 0 aliphatic rings. The quantitative estimate of drug-likeness (QED) is 0.315. The molecule has 94 valence electrons. The van der Waals surface area contributed by atoms with Gasteiger partial charge >= 0.3 is 5.97 Å². The molecule has 0 unspecified atom stereocenters. The summed E-state index contributed by atoms with van der Waals surface area (Å²) in [4.78, 5) is 21.5. The summed E-state index contributed by atoms with van der Waals surface area (Å²) in [5, 5.41) is 0. The summed E-state index contributed by atoms with van der Waals surface area (Å²) in [5.41, 5.74) is -1.05. The zero-order valence-electron chi connectivity index (χ0n) is 11.0. The molecule has 0 amide bonds. The fourth-order valence-electron chi connectivity index (χ4n) is 0.691. The third-order valence-electron chi connectivity index (χ3n) is 1.38. The lowest BCUT2D eigenvalue weighted by molar-refractivity contribution is -0.400. The van der Waals surface area contributed by atoms with Crippen LogP contribution in [-0.2, 0) is 19.3 Å². The Labute approximate surface area is 97.5 Å². The second kappa shape index (κ2) is 6.01. The van der Waals surface area contributed by atoms with E-state index in [0.717, 1.165) is 0 Å². The van der Waals surface area contributed by atoms with Crippen molar-refractivity contribution in [1.82, 2.24) is 0 Å². The van der Waals surface area contributed by atoms with Gasteiger partial charge < -0.3 is 4.74 Å². The van der Waals surface area contributed by atoms with E-state index in [1.54, 1.807) is 26.8 Å². The number of hydrogen-bond acceptors (Lipinski definition) is 4. The van der Waals surface area contributed by atoms with Gasteiger partial charge in [0.15, 0.2) is 0 Å². The Bertz CT molecular complexity index is 248. The first-order valence-corrected chi connectivity index (χ1v) is 5.32. The number of hydrogen-bond donors (Lipinski definition) is 0. The van der Waals surface area contributed by atoms with Crippen LogP contribution in [0.5, 0.6) is 0 Å². The zero-order chi connectivity index (χ0) is 12.8. The van der Waals surface area contributed by atoms with Crippen LogP contribution in [0.25, 0.3) is 0 Å². The minimum atomic E-state index is -0.662. The number of rotatable bonds is 5. The molecule has 0 aliphatic carbocycles. The molecule has 4 nitrogen and oxygen atoms in total. The lowest BCUT2D eigenvalue weighted by Crippen LogP contribution is -2.35. The summed E-state index contributed by atoms with van der Waals surface area (Å²) in [6.45, 7) is 11.1. The van der Waals surface area contributed by atoms with Crippen molar-refractivity contribution < 1.29 is 19.3 Å². The summed E-state index contributed by atoms with van der Waals surface area (Å²) < 4.78 is 4.98. The molecule has 0 radical (unpaired) electrons. The van der Waals surface area contributed by atoms with Crippen LogP contribution in [0.1, 0.15) is 41.5 Å². The van der Waals surface area contributed by atoms with Crippen molar-refractivity contribution in [2.24, 2.45) is 0 Å². The van der Waals surface area contributed by atoms with Crippen LogP contribution in [0.2, 0.25) is 0 Å². The summed E-state index contributed by atoms with van der Waals surface area (Å²) in [6.07, 6.45) is 2.99. The topological polar surface area (TPSA) is 44.8 Å². The molecule has 4 heteroatoms. The molecule has 0 bridgehead atoms. The van der Waals surface area contributed by atoms with Crippen molar-refractivity contribution in [1.29, 1.82) is 0 Å². The Balaban J connectivity index is 4.00. The highest BCUT2D eigenvalue weighted by molar-refractivity contribution is 5.81. The van der Waals surface area contributed by atoms with E-state index in [9.17, 15) is 4.79 Å². The molecule has 0 aromatic heterocycles. The van der Waals surface area contributed by atoms with E-state index in [4.69, 9.17) is 14.5 Å². The maximum Gasteiger partial charge on any atom is 0.330 e. The van der Waals surface area contributed by atoms with E-state index in [-0.39, 0.29) is 18.2 Å². The van der Waals surface area contributed by atoms with Gasteiger partial charge in [0.1, 0.15) is 12.2 Å². The molecule has 0 N–H and O–H groups in total. The number of carbonyl (C=O) groups is 1. The van der Waals surface area contributed by atoms with Gasteiger partial charge in [0.25, 0.3) is 0 Å². The lowest BCUT2D eigenvalue weighted by Gasteiger charge is -2.27. The van der Waals surface area contributed by atoms with Crippen molar-refractivity contribution in [2.45, 2.75) is 52.7 Å². The molecule has 0 saturated carbocycles. The third-order valence-corrected chi connectivity index (χ3v) is 1.38. The van der Waals surface area contributed by atoms with E-state index < -0.39 is 5.60 Å². The van der Waals surface area contributed by atoms with Gasteiger partial charge in [0.2, 0.25) is 0 Å². The molecule has 0 saturated heterocycles. The maximum absolute atomic E-state index is 11.1. The van der Waals surface area contributed by atoms with Crippen molar-refractivity contribution in [3.05, 3.63) is 12.2 Å². The molecule has 0 fully saturated rings. The largest absolute Gasteiger partial charge is 0.459 e. The highest BCUT2D eigenvalue weighted by atomic mass is 17.2. The molecule has 0 aromatic rings. The summed E-state index contributed by atoms with van der Waals surface area (Å²) in [6, 6.07) is 0. The Hall–Kier alpha value is -0.870. The van der Waals surface area contributed by atoms with Crippen LogP contribution in [0.4, 0.5) is 0 Å². The molecule has 0 atom stereocenters. The molecular formula is C12H22O4. The van der Waals surface area contributed by atoms with Crippen LogP contribution >= 0.6 is 0 Å². The Morgan fingerprint density at radius 1 is 1.12 bits per heavy atom. The van der Waals surface area contributed by atoms with Gasteiger partial charge in [0.05, 0.1) is 5.60 Å². The average Bonchev–Trinajstić information content (AvgIpc) is 2.12. The standard InChI is InChI=1S/C12H22O4/c1-7-8-10(13)14-9-12(5,6)16-15-11(2,3)4/h7-8H,9H2,1-6H3/b8-7+. The number of esters is 1. The number of allylic oxidation sites excluding steroid dienone is 1. The van der Waals surface area contributed by atoms with Crippen molar-refractivity contribution >= 4 is 5.97 Å². The van der Waals surface area contributed by atoms with Gasteiger partial charge in [0, 0.05) is 6.08 Å². The monoisotopic (exact) mass is 230 g/mol. The van der Waals surface area contributed by atoms with Crippen LogP contribution in [0.15, 0.2) is 12.2 Å².